The molecule has 160 valence electrons. The Morgan fingerprint density at radius 1 is 1.24 bits per heavy atom. The molecular formula is C22H32N2O5. The lowest BCUT2D eigenvalue weighted by Crippen LogP contribution is -2.48. The molecule has 1 aromatic carbocycles. The van der Waals surface area contributed by atoms with Crippen LogP contribution in [-0.4, -0.2) is 46.7 Å². The first-order valence-corrected chi connectivity index (χ1v) is 10.1. The Bertz CT molecular complexity index is 714. The van der Waals surface area contributed by atoms with Gasteiger partial charge in [0.2, 0.25) is 5.91 Å². The van der Waals surface area contributed by atoms with Crippen LogP contribution in [0.15, 0.2) is 30.3 Å². The van der Waals surface area contributed by atoms with Gasteiger partial charge in [-0.3, -0.25) is 9.59 Å². The lowest BCUT2D eigenvalue weighted by atomic mass is 9.76. The Balaban J connectivity index is 1.92. The molecule has 0 aromatic heterocycles. The van der Waals surface area contributed by atoms with Crippen LogP contribution in [0.1, 0.15) is 46.1 Å². The second-order valence-electron chi connectivity index (χ2n) is 8.77. The van der Waals surface area contributed by atoms with Gasteiger partial charge in [-0.2, -0.15) is 0 Å². The maximum absolute atomic E-state index is 12.4. The summed E-state index contributed by atoms with van der Waals surface area (Å²) in [7, 11) is 0. The number of aliphatic carboxylic acids is 1. The number of likely N-dealkylation sites (tertiary alicyclic amines) is 1. The summed E-state index contributed by atoms with van der Waals surface area (Å²) in [5, 5.41) is 12.5. The summed E-state index contributed by atoms with van der Waals surface area (Å²) in [5.41, 5.74) is 0.393. The van der Waals surface area contributed by atoms with Gasteiger partial charge in [-0.25, -0.2) is 4.79 Å². The number of piperidine rings is 1. The van der Waals surface area contributed by atoms with Crippen molar-refractivity contribution >= 4 is 18.0 Å². The van der Waals surface area contributed by atoms with E-state index in [1.807, 2.05) is 58.0 Å². The molecule has 0 radical (unpaired) electrons. The number of rotatable bonds is 6. The smallest absolute Gasteiger partial charge is 0.410 e. The molecule has 3 unspecified atom stereocenters. The molecule has 1 aliphatic rings. The van der Waals surface area contributed by atoms with E-state index in [0.29, 0.717) is 26.1 Å². The van der Waals surface area contributed by atoms with Crippen molar-refractivity contribution in [2.45, 2.75) is 52.7 Å². The van der Waals surface area contributed by atoms with Crippen molar-refractivity contribution in [2.75, 3.05) is 13.1 Å². The van der Waals surface area contributed by atoms with Gasteiger partial charge in [-0.15, -0.1) is 0 Å². The van der Waals surface area contributed by atoms with Gasteiger partial charge in [0.25, 0.3) is 0 Å². The van der Waals surface area contributed by atoms with Gasteiger partial charge in [0.05, 0.1) is 5.92 Å². The van der Waals surface area contributed by atoms with E-state index in [-0.39, 0.29) is 30.3 Å². The fourth-order valence-corrected chi connectivity index (χ4v) is 3.74. The zero-order valence-corrected chi connectivity index (χ0v) is 17.7. The van der Waals surface area contributed by atoms with Crippen molar-refractivity contribution in [1.29, 1.82) is 0 Å². The quantitative estimate of drug-likeness (QED) is 0.758. The summed E-state index contributed by atoms with van der Waals surface area (Å²) in [6.45, 7) is 8.60. The van der Waals surface area contributed by atoms with Crippen molar-refractivity contribution in [2.24, 2.45) is 17.8 Å². The third-order valence-electron chi connectivity index (χ3n) is 5.20. The van der Waals surface area contributed by atoms with Crippen LogP contribution in [0.25, 0.3) is 0 Å². The number of carbonyl (C=O) groups excluding carboxylic acids is 2. The second kappa shape index (κ2) is 9.76. The molecular weight excluding hydrogens is 372 g/mol. The average molecular weight is 405 g/mol. The number of nitrogens with zero attached hydrogens (tertiary/aromatic N) is 1. The van der Waals surface area contributed by atoms with Gasteiger partial charge in [0, 0.05) is 26.1 Å². The first kappa shape index (κ1) is 22.7. The molecule has 2 amide bonds. The number of carboxylic acid groups (broad SMARTS) is 1. The Labute approximate surface area is 172 Å². The number of hydrogen-bond acceptors (Lipinski definition) is 4. The molecule has 1 aromatic rings. The summed E-state index contributed by atoms with van der Waals surface area (Å²) in [4.78, 5) is 38.1. The predicted molar refractivity (Wildman–Crippen MR) is 109 cm³/mol. The maximum Gasteiger partial charge on any atom is 0.410 e. The van der Waals surface area contributed by atoms with Crippen molar-refractivity contribution in [3.63, 3.8) is 0 Å². The molecule has 7 nitrogen and oxygen atoms in total. The third kappa shape index (κ3) is 7.07. The molecule has 29 heavy (non-hydrogen) atoms. The molecule has 2 rings (SSSR count). The number of carboxylic acids is 1. The second-order valence-corrected chi connectivity index (χ2v) is 8.77. The first-order valence-electron chi connectivity index (χ1n) is 10.1. The van der Waals surface area contributed by atoms with Crippen LogP contribution < -0.4 is 5.32 Å². The van der Waals surface area contributed by atoms with E-state index in [1.165, 1.54) is 0 Å². The number of benzene rings is 1. The SMILES string of the molecule is CC1CN(C(=O)OC(C)(C)C)CCC1C(CC(=O)NCc1ccccc1)C(=O)O. The Morgan fingerprint density at radius 2 is 1.90 bits per heavy atom. The highest BCUT2D eigenvalue weighted by atomic mass is 16.6. The van der Waals surface area contributed by atoms with Crippen molar-refractivity contribution in [3.05, 3.63) is 35.9 Å². The lowest BCUT2D eigenvalue weighted by molar-refractivity contribution is -0.148. The van der Waals surface area contributed by atoms with Crippen LogP contribution in [0.3, 0.4) is 0 Å². The summed E-state index contributed by atoms with van der Waals surface area (Å²) >= 11 is 0. The lowest BCUT2D eigenvalue weighted by Gasteiger charge is -2.39. The van der Waals surface area contributed by atoms with Crippen molar-refractivity contribution in [3.8, 4) is 0 Å². The van der Waals surface area contributed by atoms with Crippen molar-refractivity contribution in [1.82, 2.24) is 10.2 Å². The Kier molecular flexibility index (Phi) is 7.65. The van der Waals surface area contributed by atoms with Crippen LogP contribution in [-0.2, 0) is 20.9 Å². The highest BCUT2D eigenvalue weighted by Crippen LogP contribution is 2.33. The van der Waals surface area contributed by atoms with Gasteiger partial charge in [0.15, 0.2) is 0 Å². The van der Waals surface area contributed by atoms with Crippen LogP contribution in [0.2, 0.25) is 0 Å². The monoisotopic (exact) mass is 404 g/mol. The summed E-state index contributed by atoms with van der Waals surface area (Å²) < 4.78 is 5.41. The van der Waals surface area contributed by atoms with E-state index in [4.69, 9.17) is 4.74 Å². The molecule has 0 aliphatic carbocycles. The van der Waals surface area contributed by atoms with E-state index in [0.717, 1.165) is 5.56 Å². The highest BCUT2D eigenvalue weighted by Gasteiger charge is 2.39. The molecule has 1 fully saturated rings. The van der Waals surface area contributed by atoms with E-state index >= 15 is 0 Å². The minimum Gasteiger partial charge on any atom is -0.481 e. The summed E-state index contributed by atoms with van der Waals surface area (Å²) in [6.07, 6.45) is 0.0859. The van der Waals surface area contributed by atoms with Crippen LogP contribution in [0.4, 0.5) is 4.79 Å². The molecule has 2 N–H and O–H groups in total. The topological polar surface area (TPSA) is 95.9 Å². The standard InChI is InChI=1S/C22H32N2O5/c1-15-14-24(21(28)29-22(2,3)4)11-10-17(15)18(20(26)27)12-19(25)23-13-16-8-6-5-7-9-16/h5-9,15,17-18H,10-14H2,1-4H3,(H,23,25)(H,26,27). The number of hydrogen-bond donors (Lipinski definition) is 2. The zero-order valence-electron chi connectivity index (χ0n) is 17.7. The normalized spacial score (nSPS) is 20.6. The van der Waals surface area contributed by atoms with Gasteiger partial charge in [-0.05, 0) is 44.6 Å². The number of carbonyl (C=O) groups is 3. The highest BCUT2D eigenvalue weighted by molar-refractivity contribution is 5.82. The van der Waals surface area contributed by atoms with Crippen LogP contribution in [0, 0.1) is 17.8 Å². The summed E-state index contributed by atoms with van der Waals surface area (Å²) in [6, 6.07) is 9.49. The van der Waals surface area contributed by atoms with Gasteiger partial charge >= 0.3 is 12.1 Å². The molecule has 1 saturated heterocycles. The average Bonchev–Trinajstić information content (AvgIpc) is 2.64. The number of ether oxygens (including phenoxy) is 1. The number of nitrogens with one attached hydrogen (secondary N) is 1. The minimum atomic E-state index is -0.970. The zero-order chi connectivity index (χ0) is 21.6. The molecule has 0 spiro atoms. The molecule has 1 aliphatic heterocycles. The molecule has 0 saturated carbocycles. The van der Waals surface area contributed by atoms with Gasteiger partial charge < -0.3 is 20.1 Å². The number of amides is 2. The van der Waals surface area contributed by atoms with Crippen molar-refractivity contribution < 1.29 is 24.2 Å². The maximum atomic E-state index is 12.4. The molecule has 1 heterocycles. The fourth-order valence-electron chi connectivity index (χ4n) is 3.74. The summed E-state index contributed by atoms with van der Waals surface area (Å²) in [5.74, 6) is -2.24. The fraction of sp³-hybridized carbons (Fsp3) is 0.591. The largest absolute Gasteiger partial charge is 0.481 e. The Morgan fingerprint density at radius 3 is 2.45 bits per heavy atom. The molecule has 7 heteroatoms. The molecule has 3 atom stereocenters. The van der Waals surface area contributed by atoms with E-state index < -0.39 is 17.5 Å². The first-order chi connectivity index (χ1) is 13.6. The third-order valence-corrected chi connectivity index (χ3v) is 5.20. The predicted octanol–water partition coefficient (Wildman–Crippen LogP) is 3.29. The Hall–Kier alpha value is -2.57. The van der Waals surface area contributed by atoms with E-state index in [1.54, 1.807) is 4.90 Å². The van der Waals surface area contributed by atoms with E-state index in [9.17, 15) is 19.5 Å². The van der Waals surface area contributed by atoms with E-state index in [2.05, 4.69) is 5.32 Å². The minimum absolute atomic E-state index is 0.0423. The van der Waals surface area contributed by atoms with Crippen LogP contribution in [0.5, 0.6) is 0 Å². The van der Waals surface area contributed by atoms with Crippen LogP contribution >= 0.6 is 0 Å². The van der Waals surface area contributed by atoms with Gasteiger partial charge in [-0.1, -0.05) is 37.3 Å². The molecule has 0 bridgehead atoms. The van der Waals surface area contributed by atoms with Gasteiger partial charge in [0.1, 0.15) is 5.60 Å².